The molecule has 0 bridgehead atoms. The number of carbonyl (C=O) groups excluding carboxylic acids is 1. The van der Waals surface area contributed by atoms with Crippen molar-refractivity contribution < 1.29 is 9.53 Å². The van der Waals surface area contributed by atoms with Gasteiger partial charge in [0.15, 0.2) is 0 Å². The molecule has 31 heavy (non-hydrogen) atoms. The Hall–Kier alpha value is -2.79. The first kappa shape index (κ1) is 22.9. The van der Waals surface area contributed by atoms with Gasteiger partial charge in [-0.05, 0) is 54.3 Å². The SMILES string of the molecule is CC(C)(C)OC(=O)NCC(CC(=S)Cc1ccc(C2=CCN=C2)cc1)c1ccccc1. The number of benzene rings is 2. The van der Waals surface area contributed by atoms with Crippen molar-refractivity contribution in [2.75, 3.05) is 13.1 Å². The molecule has 0 saturated heterocycles. The second-order valence-corrected chi connectivity index (χ2v) is 9.34. The van der Waals surface area contributed by atoms with Crippen LogP contribution in [0.3, 0.4) is 0 Å². The summed E-state index contributed by atoms with van der Waals surface area (Å²) < 4.78 is 5.38. The Bertz CT molecular complexity index is 957. The number of nitrogens with zero attached hydrogens (tertiary/aromatic N) is 1. The number of rotatable bonds is 8. The fourth-order valence-corrected chi connectivity index (χ4v) is 3.86. The number of thiocarbonyl (C=S) groups is 1. The Morgan fingerprint density at radius 3 is 2.45 bits per heavy atom. The van der Waals surface area contributed by atoms with E-state index in [1.165, 1.54) is 16.7 Å². The van der Waals surface area contributed by atoms with E-state index in [1.54, 1.807) is 0 Å². The summed E-state index contributed by atoms with van der Waals surface area (Å²) in [5.41, 5.74) is 4.18. The third-order valence-electron chi connectivity index (χ3n) is 4.97. The molecule has 5 heteroatoms. The molecule has 1 amide bonds. The largest absolute Gasteiger partial charge is 0.444 e. The average Bonchev–Trinajstić information content (AvgIpc) is 3.26. The maximum Gasteiger partial charge on any atom is 0.407 e. The van der Waals surface area contributed by atoms with E-state index in [9.17, 15) is 4.79 Å². The Balaban J connectivity index is 1.61. The number of hydrogen-bond acceptors (Lipinski definition) is 4. The van der Waals surface area contributed by atoms with Crippen LogP contribution in [0, 0.1) is 0 Å². The van der Waals surface area contributed by atoms with E-state index in [0.717, 1.165) is 23.4 Å². The summed E-state index contributed by atoms with van der Waals surface area (Å²) in [6.45, 7) is 6.82. The molecule has 0 saturated carbocycles. The summed E-state index contributed by atoms with van der Waals surface area (Å²) in [7, 11) is 0. The Morgan fingerprint density at radius 1 is 1.13 bits per heavy atom. The normalized spacial score (nSPS) is 14.1. The van der Waals surface area contributed by atoms with Crippen LogP contribution in [-0.4, -0.2) is 35.9 Å². The van der Waals surface area contributed by atoms with Crippen LogP contribution in [0.25, 0.3) is 5.57 Å². The van der Waals surface area contributed by atoms with Gasteiger partial charge >= 0.3 is 6.09 Å². The fraction of sp³-hybridized carbons (Fsp3) is 0.346. The van der Waals surface area contributed by atoms with Crippen molar-refractivity contribution in [2.45, 2.75) is 45.1 Å². The minimum atomic E-state index is -0.520. The van der Waals surface area contributed by atoms with Gasteiger partial charge in [-0.1, -0.05) is 72.9 Å². The molecule has 0 spiro atoms. The number of hydrogen-bond donors (Lipinski definition) is 1. The van der Waals surface area contributed by atoms with Gasteiger partial charge in [-0.15, -0.1) is 0 Å². The molecule has 0 radical (unpaired) electrons. The van der Waals surface area contributed by atoms with E-state index >= 15 is 0 Å². The quantitative estimate of drug-likeness (QED) is 0.537. The van der Waals surface area contributed by atoms with Crippen molar-refractivity contribution in [3.8, 4) is 0 Å². The van der Waals surface area contributed by atoms with E-state index in [4.69, 9.17) is 17.0 Å². The molecular weight excluding hydrogens is 404 g/mol. The molecule has 162 valence electrons. The van der Waals surface area contributed by atoms with Gasteiger partial charge in [-0.3, -0.25) is 4.99 Å². The molecule has 1 aliphatic rings. The fourth-order valence-electron chi connectivity index (χ4n) is 3.49. The zero-order valence-electron chi connectivity index (χ0n) is 18.4. The lowest BCUT2D eigenvalue weighted by Gasteiger charge is -2.22. The standard InChI is InChI=1S/C26H30N2O2S/c1-26(2,3)30-25(29)28-18-23(20-7-5-4-6-8-20)16-24(31)15-19-9-11-21(12-10-19)22-13-14-27-17-22/h4-13,17,23H,14-16,18H2,1-3H3,(H,28,29). The third kappa shape index (κ3) is 7.44. The van der Waals surface area contributed by atoms with Gasteiger partial charge in [0.05, 0.1) is 6.54 Å². The highest BCUT2D eigenvalue weighted by Crippen LogP contribution is 2.22. The number of carbonyl (C=O) groups is 1. The smallest absolute Gasteiger partial charge is 0.407 e. The van der Waals surface area contributed by atoms with Crippen LogP contribution < -0.4 is 5.32 Å². The van der Waals surface area contributed by atoms with Crippen molar-refractivity contribution in [1.29, 1.82) is 0 Å². The monoisotopic (exact) mass is 434 g/mol. The molecule has 0 aromatic heterocycles. The van der Waals surface area contributed by atoms with Crippen LogP contribution in [0.2, 0.25) is 0 Å². The van der Waals surface area contributed by atoms with Gasteiger partial charge in [-0.2, -0.15) is 0 Å². The lowest BCUT2D eigenvalue weighted by atomic mass is 9.92. The van der Waals surface area contributed by atoms with E-state index in [1.807, 2.05) is 45.2 Å². The summed E-state index contributed by atoms with van der Waals surface area (Å²) in [5.74, 6) is 0.0975. The van der Waals surface area contributed by atoms with Crippen LogP contribution in [0.4, 0.5) is 4.79 Å². The number of alkyl carbamates (subject to hydrolysis) is 1. The Morgan fingerprint density at radius 2 is 1.84 bits per heavy atom. The van der Waals surface area contributed by atoms with Gasteiger partial charge in [0.25, 0.3) is 0 Å². The number of amides is 1. The lowest BCUT2D eigenvalue weighted by molar-refractivity contribution is 0.0524. The van der Waals surface area contributed by atoms with Crippen LogP contribution >= 0.6 is 12.2 Å². The van der Waals surface area contributed by atoms with Crippen LogP contribution in [0.1, 0.15) is 49.8 Å². The molecule has 0 aliphatic carbocycles. The topological polar surface area (TPSA) is 50.7 Å². The molecule has 1 aliphatic heterocycles. The first-order valence-electron chi connectivity index (χ1n) is 10.6. The summed E-state index contributed by atoms with van der Waals surface area (Å²) in [6, 6.07) is 18.7. The molecule has 3 rings (SSSR count). The van der Waals surface area contributed by atoms with E-state index in [-0.39, 0.29) is 5.92 Å². The first-order valence-corrected chi connectivity index (χ1v) is 11.0. The average molecular weight is 435 g/mol. The molecule has 1 heterocycles. The van der Waals surface area contributed by atoms with E-state index < -0.39 is 11.7 Å². The number of ether oxygens (including phenoxy) is 1. The molecule has 4 nitrogen and oxygen atoms in total. The molecular formula is C26H30N2O2S. The zero-order chi connectivity index (χ0) is 22.3. The van der Waals surface area contributed by atoms with Gasteiger partial charge < -0.3 is 10.1 Å². The number of allylic oxidation sites excluding steroid dienone is 1. The Labute approximate surface area is 190 Å². The Kier molecular flexibility index (Phi) is 7.75. The van der Waals surface area contributed by atoms with Crippen LogP contribution in [0.15, 0.2) is 65.7 Å². The highest BCUT2D eigenvalue weighted by atomic mass is 32.1. The molecule has 2 aromatic rings. The van der Waals surface area contributed by atoms with Gasteiger partial charge in [-0.25, -0.2) is 4.79 Å². The van der Waals surface area contributed by atoms with E-state index in [0.29, 0.717) is 13.0 Å². The van der Waals surface area contributed by atoms with Gasteiger partial charge in [0.1, 0.15) is 5.60 Å². The van der Waals surface area contributed by atoms with Crippen molar-refractivity contribution in [2.24, 2.45) is 4.99 Å². The predicted molar refractivity (Wildman–Crippen MR) is 132 cm³/mol. The first-order chi connectivity index (χ1) is 14.8. The summed E-state index contributed by atoms with van der Waals surface area (Å²) >= 11 is 5.74. The third-order valence-corrected chi connectivity index (χ3v) is 5.28. The van der Waals surface area contributed by atoms with Crippen LogP contribution in [0.5, 0.6) is 0 Å². The van der Waals surface area contributed by atoms with Gasteiger partial charge in [0.2, 0.25) is 0 Å². The minimum absolute atomic E-state index is 0.0975. The maximum absolute atomic E-state index is 12.1. The highest BCUT2D eigenvalue weighted by molar-refractivity contribution is 7.80. The molecule has 1 unspecified atom stereocenters. The summed E-state index contributed by atoms with van der Waals surface area (Å²) in [6.07, 6.45) is 5.09. The molecule has 2 aromatic carbocycles. The van der Waals surface area contributed by atoms with Crippen molar-refractivity contribution >= 4 is 35.0 Å². The van der Waals surface area contributed by atoms with Crippen LogP contribution in [-0.2, 0) is 11.2 Å². The predicted octanol–water partition coefficient (Wildman–Crippen LogP) is 5.77. The second kappa shape index (κ2) is 10.5. The highest BCUT2D eigenvalue weighted by Gasteiger charge is 2.19. The van der Waals surface area contributed by atoms with Crippen molar-refractivity contribution in [3.63, 3.8) is 0 Å². The maximum atomic E-state index is 12.1. The minimum Gasteiger partial charge on any atom is -0.444 e. The number of aliphatic imine (C=N–C) groups is 1. The number of nitrogens with one attached hydrogen (secondary N) is 1. The van der Waals surface area contributed by atoms with Gasteiger partial charge in [0, 0.05) is 25.1 Å². The zero-order valence-corrected chi connectivity index (χ0v) is 19.2. The second-order valence-electron chi connectivity index (χ2n) is 8.76. The molecule has 1 atom stereocenters. The molecule has 1 N–H and O–H groups in total. The lowest BCUT2D eigenvalue weighted by Crippen LogP contribution is -2.35. The summed E-state index contributed by atoms with van der Waals surface area (Å²) in [4.78, 5) is 17.3. The molecule has 0 fully saturated rings. The summed E-state index contributed by atoms with van der Waals surface area (Å²) in [5, 5.41) is 2.91. The van der Waals surface area contributed by atoms with E-state index in [2.05, 4.69) is 52.8 Å². The van der Waals surface area contributed by atoms with Crippen molar-refractivity contribution in [1.82, 2.24) is 5.32 Å². The van der Waals surface area contributed by atoms with Crippen molar-refractivity contribution in [3.05, 3.63) is 77.4 Å².